The lowest BCUT2D eigenvalue weighted by molar-refractivity contribution is -0.143. The Morgan fingerprint density at radius 1 is 1.11 bits per heavy atom. The fourth-order valence-corrected chi connectivity index (χ4v) is 4.54. The van der Waals surface area contributed by atoms with Crippen molar-refractivity contribution in [1.29, 1.82) is 0 Å². The molecule has 1 saturated carbocycles. The minimum atomic E-state index is -0.772. The summed E-state index contributed by atoms with van der Waals surface area (Å²) in [5.41, 5.74) is 1.38. The number of aliphatic carboxylic acids is 1. The third-order valence-corrected chi connectivity index (χ3v) is 6.59. The molecule has 0 saturated heterocycles. The van der Waals surface area contributed by atoms with Gasteiger partial charge in [0.2, 0.25) is 0 Å². The Hall–Kier alpha value is -4.55. The maximum absolute atomic E-state index is 13.0. The molecule has 3 heterocycles. The lowest BCUT2D eigenvalue weighted by atomic mass is 9.82. The number of carboxylic acid groups (broad SMARTS) is 1. The molecule has 0 atom stereocenters. The molecule has 0 radical (unpaired) electrons. The van der Waals surface area contributed by atoms with E-state index < -0.39 is 17.8 Å². The molecule has 0 unspecified atom stereocenters. The highest BCUT2D eigenvalue weighted by Crippen LogP contribution is 2.29. The first kappa shape index (κ1) is 24.2. The largest absolute Gasteiger partial charge is 0.482 e. The van der Waals surface area contributed by atoms with E-state index in [2.05, 4.69) is 31.0 Å². The van der Waals surface area contributed by atoms with Gasteiger partial charge in [-0.1, -0.05) is 6.07 Å². The van der Waals surface area contributed by atoms with Crippen LogP contribution in [-0.4, -0.2) is 61.5 Å². The number of ether oxygens (including phenoxy) is 1. The van der Waals surface area contributed by atoms with Gasteiger partial charge in [0.05, 0.1) is 11.6 Å². The Balaban J connectivity index is 1.24. The smallest absolute Gasteiger partial charge is 0.306 e. The number of hydrogen-bond acceptors (Lipinski definition) is 8. The highest BCUT2D eigenvalue weighted by molar-refractivity contribution is 5.98. The summed E-state index contributed by atoms with van der Waals surface area (Å²) in [6.07, 6.45) is 3.87. The minimum Gasteiger partial charge on any atom is -0.482 e. The van der Waals surface area contributed by atoms with Crippen molar-refractivity contribution in [3.05, 3.63) is 47.5 Å². The van der Waals surface area contributed by atoms with E-state index in [1.165, 1.54) is 16.9 Å². The minimum absolute atomic E-state index is 0.00205. The molecule has 2 aliphatic rings. The fraction of sp³-hybridized carbons (Fsp3) is 0.375. The molecule has 13 nitrogen and oxygen atoms in total. The van der Waals surface area contributed by atoms with Crippen molar-refractivity contribution in [3.8, 4) is 5.75 Å². The van der Waals surface area contributed by atoms with Gasteiger partial charge in [-0.25, -0.2) is 4.98 Å². The second-order valence-corrected chi connectivity index (χ2v) is 9.11. The number of nitrogens with one attached hydrogen (secondary N) is 3. The van der Waals surface area contributed by atoms with Crippen LogP contribution in [0.5, 0.6) is 5.75 Å². The zero-order chi connectivity index (χ0) is 25.9. The molecule has 2 aromatic heterocycles. The van der Waals surface area contributed by atoms with Gasteiger partial charge in [-0.15, -0.1) is 0 Å². The molecule has 1 aromatic carbocycles. The van der Waals surface area contributed by atoms with Crippen molar-refractivity contribution >= 4 is 35.2 Å². The molecule has 192 valence electrons. The van der Waals surface area contributed by atoms with Gasteiger partial charge in [0.1, 0.15) is 23.5 Å². The van der Waals surface area contributed by atoms with E-state index in [1.807, 2.05) is 0 Å². The molecule has 37 heavy (non-hydrogen) atoms. The number of amides is 3. The molecule has 5 rings (SSSR count). The number of carbonyl (C=O) groups excluding carboxylic acids is 3. The van der Waals surface area contributed by atoms with Crippen LogP contribution in [0.1, 0.15) is 52.2 Å². The highest BCUT2D eigenvalue weighted by Gasteiger charge is 2.27. The van der Waals surface area contributed by atoms with E-state index in [0.717, 1.165) is 18.4 Å². The van der Waals surface area contributed by atoms with E-state index in [9.17, 15) is 19.2 Å². The van der Waals surface area contributed by atoms with E-state index in [4.69, 9.17) is 9.84 Å². The number of benzene rings is 1. The number of nitrogens with zero attached hydrogens (tertiary/aromatic N) is 4. The van der Waals surface area contributed by atoms with E-state index in [-0.39, 0.29) is 48.1 Å². The summed E-state index contributed by atoms with van der Waals surface area (Å²) in [7, 11) is 0. The lowest BCUT2D eigenvalue weighted by Crippen LogP contribution is -2.34. The molecule has 1 fully saturated rings. The van der Waals surface area contributed by atoms with Gasteiger partial charge in [0.25, 0.3) is 23.5 Å². The normalized spacial score (nSPS) is 18.9. The number of hydrogen-bond donors (Lipinski definition) is 4. The molecule has 3 aromatic rings. The molecule has 0 spiro atoms. The predicted octanol–water partition coefficient (Wildman–Crippen LogP) is 1.01. The van der Waals surface area contributed by atoms with E-state index >= 15 is 0 Å². The first-order valence-electron chi connectivity index (χ1n) is 11.9. The van der Waals surface area contributed by atoms with Crippen LogP contribution in [0.4, 0.5) is 5.69 Å². The van der Waals surface area contributed by atoms with Crippen molar-refractivity contribution in [2.24, 2.45) is 11.8 Å². The average molecular weight is 508 g/mol. The maximum Gasteiger partial charge on any atom is 0.306 e. The summed E-state index contributed by atoms with van der Waals surface area (Å²) < 4.78 is 6.60. The molecular formula is C24H25N7O6. The van der Waals surface area contributed by atoms with E-state index in [1.54, 1.807) is 18.2 Å². The third-order valence-electron chi connectivity index (χ3n) is 6.59. The number of carbonyl (C=O) groups is 4. The van der Waals surface area contributed by atoms with Crippen LogP contribution in [0.15, 0.2) is 30.6 Å². The van der Waals surface area contributed by atoms with Crippen molar-refractivity contribution in [3.63, 3.8) is 0 Å². The number of carboxylic acids is 1. The van der Waals surface area contributed by atoms with E-state index in [0.29, 0.717) is 30.8 Å². The predicted molar refractivity (Wildman–Crippen MR) is 128 cm³/mol. The van der Waals surface area contributed by atoms with Crippen molar-refractivity contribution in [2.75, 3.05) is 18.5 Å². The van der Waals surface area contributed by atoms with Gasteiger partial charge in [0, 0.05) is 19.2 Å². The van der Waals surface area contributed by atoms with Gasteiger partial charge < -0.3 is 25.8 Å². The zero-order valence-corrected chi connectivity index (χ0v) is 19.8. The lowest BCUT2D eigenvalue weighted by Gasteiger charge is -2.26. The summed E-state index contributed by atoms with van der Waals surface area (Å²) in [5, 5.41) is 21.6. The Kier molecular flexibility index (Phi) is 6.66. The fourth-order valence-electron chi connectivity index (χ4n) is 4.54. The van der Waals surface area contributed by atoms with Gasteiger partial charge in [-0.05, 0) is 49.3 Å². The molecule has 13 heteroatoms. The quantitative estimate of drug-likeness (QED) is 0.363. The SMILES string of the molecule is O=C1COc2ccc(CNC(=O)c3cc(C(=O)NCC4CCC(C(=O)O)CC4)n4ncnc4n3)cc2N1. The molecule has 4 N–H and O–H groups in total. The maximum atomic E-state index is 13.0. The second kappa shape index (κ2) is 10.2. The van der Waals surface area contributed by atoms with Gasteiger partial charge in [0.15, 0.2) is 6.61 Å². The summed E-state index contributed by atoms with van der Waals surface area (Å²) in [6, 6.07) is 6.56. The van der Waals surface area contributed by atoms with Crippen LogP contribution in [0, 0.1) is 11.8 Å². The van der Waals surface area contributed by atoms with Crippen molar-refractivity contribution in [1.82, 2.24) is 30.2 Å². The van der Waals surface area contributed by atoms with Crippen molar-refractivity contribution in [2.45, 2.75) is 32.2 Å². The third kappa shape index (κ3) is 5.34. The summed E-state index contributed by atoms with van der Waals surface area (Å²) >= 11 is 0. The average Bonchev–Trinajstić information content (AvgIpc) is 3.38. The zero-order valence-electron chi connectivity index (χ0n) is 19.8. The topological polar surface area (TPSA) is 177 Å². The number of aromatic nitrogens is 4. The van der Waals surface area contributed by atoms with Crippen LogP contribution < -0.4 is 20.7 Å². The van der Waals surface area contributed by atoms with Crippen LogP contribution in [0.3, 0.4) is 0 Å². The van der Waals surface area contributed by atoms with Crippen LogP contribution in [0.25, 0.3) is 5.78 Å². The Bertz CT molecular complexity index is 1380. The number of anilines is 1. The number of fused-ring (bicyclic) bond motifs is 2. The first-order valence-corrected chi connectivity index (χ1v) is 11.9. The molecule has 1 aliphatic heterocycles. The standard InChI is InChI=1S/C24H25N7O6/c32-20-11-37-19-6-3-14(7-16(19)29-20)10-25-21(33)17-8-18(31-24(30-17)27-12-28-31)22(34)26-9-13-1-4-15(5-2-13)23(35)36/h3,6-8,12-13,15H,1-2,4-5,9-11H2,(H,25,33)(H,26,34)(H,29,32)(H,35,36). The molecule has 1 aliphatic carbocycles. The second-order valence-electron chi connectivity index (χ2n) is 9.11. The highest BCUT2D eigenvalue weighted by atomic mass is 16.5. The summed E-state index contributed by atoms with van der Waals surface area (Å²) in [6.45, 7) is 0.507. The molecular weight excluding hydrogens is 482 g/mol. The summed E-state index contributed by atoms with van der Waals surface area (Å²) in [4.78, 5) is 56.8. The Labute approximate surface area is 210 Å². The van der Waals surface area contributed by atoms with Crippen LogP contribution in [0.2, 0.25) is 0 Å². The number of rotatable bonds is 7. The Morgan fingerprint density at radius 3 is 2.70 bits per heavy atom. The molecule has 0 bridgehead atoms. The van der Waals surface area contributed by atoms with Crippen LogP contribution >= 0.6 is 0 Å². The van der Waals surface area contributed by atoms with Gasteiger partial charge in [-0.3, -0.25) is 19.2 Å². The summed E-state index contributed by atoms with van der Waals surface area (Å²) in [5.74, 6) is -1.45. The van der Waals surface area contributed by atoms with Gasteiger partial charge >= 0.3 is 5.97 Å². The monoisotopic (exact) mass is 507 g/mol. The first-order chi connectivity index (χ1) is 17.9. The van der Waals surface area contributed by atoms with Crippen molar-refractivity contribution < 1.29 is 29.0 Å². The molecule has 3 amide bonds. The van der Waals surface area contributed by atoms with Gasteiger partial charge in [-0.2, -0.15) is 14.6 Å². The Morgan fingerprint density at radius 2 is 1.92 bits per heavy atom. The van der Waals surface area contributed by atoms with Crippen LogP contribution in [-0.2, 0) is 16.1 Å².